The van der Waals surface area contributed by atoms with Gasteiger partial charge in [0.1, 0.15) is 5.60 Å². The number of hydrogen-bond donors (Lipinski definition) is 1. The molecule has 0 aliphatic carbocycles. The van der Waals surface area contributed by atoms with Gasteiger partial charge in [0.25, 0.3) is 5.91 Å². The number of hydrogen-bond acceptors (Lipinski definition) is 5. The number of amides is 2. The average molecular weight is 413 g/mol. The molecule has 2 rings (SSSR count). The highest BCUT2D eigenvalue weighted by molar-refractivity contribution is 5.86. The second kappa shape index (κ2) is 12.0. The number of nitrogens with one attached hydrogen (secondary N) is 1. The van der Waals surface area contributed by atoms with Gasteiger partial charge in [-0.2, -0.15) is 0 Å². The first-order chi connectivity index (χ1) is 11.6. The number of carbonyl (C=O) groups is 2. The molecule has 2 heterocycles. The van der Waals surface area contributed by atoms with Gasteiger partial charge < -0.3 is 19.9 Å². The third kappa shape index (κ3) is 5.96. The summed E-state index contributed by atoms with van der Waals surface area (Å²) < 4.78 is 5.64. The number of carbonyl (C=O) groups excluding carboxylic acids is 2. The summed E-state index contributed by atoms with van der Waals surface area (Å²) >= 11 is 0. The summed E-state index contributed by atoms with van der Waals surface area (Å²) in [6.07, 6.45) is 1.45. The van der Waals surface area contributed by atoms with Crippen molar-refractivity contribution in [3.63, 3.8) is 0 Å². The van der Waals surface area contributed by atoms with Crippen LogP contribution in [-0.2, 0) is 14.3 Å². The minimum Gasteiger partial charge on any atom is -0.368 e. The van der Waals surface area contributed by atoms with E-state index >= 15 is 0 Å². The minimum absolute atomic E-state index is 0. The summed E-state index contributed by atoms with van der Waals surface area (Å²) in [7, 11) is 1.64. The van der Waals surface area contributed by atoms with Gasteiger partial charge in [-0.15, -0.1) is 24.8 Å². The predicted octanol–water partition coefficient (Wildman–Crippen LogP) is 0.611. The topological polar surface area (TPSA) is 65.1 Å². The molecule has 0 atom stereocenters. The van der Waals surface area contributed by atoms with Crippen LogP contribution < -0.4 is 5.32 Å². The van der Waals surface area contributed by atoms with Gasteiger partial charge in [-0.05, 0) is 39.8 Å². The Hall–Kier alpha value is -0.600. The molecule has 1 N–H and O–H groups in total. The third-order valence-electron chi connectivity index (χ3n) is 5.33. The van der Waals surface area contributed by atoms with Crippen LogP contribution in [0.15, 0.2) is 0 Å². The number of nitrogens with zero attached hydrogens (tertiary/aromatic N) is 3. The molecule has 0 aromatic heterocycles. The van der Waals surface area contributed by atoms with Crippen LogP contribution in [0.3, 0.4) is 0 Å². The fourth-order valence-corrected chi connectivity index (χ4v) is 3.60. The van der Waals surface area contributed by atoms with E-state index in [2.05, 4.69) is 10.2 Å². The van der Waals surface area contributed by atoms with Crippen molar-refractivity contribution in [2.75, 3.05) is 66.0 Å². The lowest BCUT2D eigenvalue weighted by atomic mass is 9.90. The monoisotopic (exact) mass is 412 g/mol. The van der Waals surface area contributed by atoms with Crippen molar-refractivity contribution in [3.8, 4) is 0 Å². The molecule has 0 radical (unpaired) electrons. The van der Waals surface area contributed by atoms with E-state index in [0.717, 1.165) is 52.1 Å². The van der Waals surface area contributed by atoms with E-state index < -0.39 is 5.60 Å². The molecule has 0 aromatic carbocycles. The molecule has 2 aliphatic rings. The Labute approximate surface area is 169 Å². The van der Waals surface area contributed by atoms with Gasteiger partial charge in [-0.1, -0.05) is 0 Å². The van der Waals surface area contributed by atoms with Crippen LogP contribution in [0.4, 0.5) is 0 Å². The zero-order chi connectivity index (χ0) is 17.6. The lowest BCUT2D eigenvalue weighted by molar-refractivity contribution is -0.160. The van der Waals surface area contributed by atoms with Crippen LogP contribution in [0, 0.1) is 0 Å². The van der Waals surface area contributed by atoms with Crippen molar-refractivity contribution in [2.45, 2.75) is 32.3 Å². The lowest BCUT2D eigenvalue weighted by Gasteiger charge is -2.42. The highest BCUT2D eigenvalue weighted by Crippen LogP contribution is 2.25. The number of rotatable bonds is 6. The Balaban J connectivity index is 0.00000312. The maximum atomic E-state index is 12.9. The van der Waals surface area contributed by atoms with Crippen molar-refractivity contribution in [1.82, 2.24) is 20.0 Å². The van der Waals surface area contributed by atoms with Gasteiger partial charge in [-0.25, -0.2) is 0 Å². The average Bonchev–Trinajstić information content (AvgIpc) is 2.63. The van der Waals surface area contributed by atoms with E-state index in [-0.39, 0.29) is 36.6 Å². The first kappa shape index (κ1) is 25.4. The SMILES string of the molecule is CCN(CC)C(=O)CN1CCN(C(=O)C2(OC)CCNCC2)CC1.Cl.Cl. The summed E-state index contributed by atoms with van der Waals surface area (Å²) in [6.45, 7) is 10.4. The maximum Gasteiger partial charge on any atom is 0.254 e. The molecular weight excluding hydrogens is 379 g/mol. The first-order valence-corrected chi connectivity index (χ1v) is 9.11. The van der Waals surface area contributed by atoms with E-state index in [9.17, 15) is 9.59 Å². The normalized spacial score (nSPS) is 19.9. The van der Waals surface area contributed by atoms with Crippen molar-refractivity contribution in [2.24, 2.45) is 0 Å². The molecule has 2 fully saturated rings. The number of likely N-dealkylation sites (N-methyl/N-ethyl adjacent to an activating group) is 1. The third-order valence-corrected chi connectivity index (χ3v) is 5.33. The molecule has 0 aromatic rings. The molecule has 26 heavy (non-hydrogen) atoms. The fraction of sp³-hybridized carbons (Fsp3) is 0.882. The smallest absolute Gasteiger partial charge is 0.254 e. The zero-order valence-corrected chi connectivity index (χ0v) is 17.8. The van der Waals surface area contributed by atoms with Gasteiger partial charge in [0.2, 0.25) is 5.91 Å². The first-order valence-electron chi connectivity index (χ1n) is 9.11. The quantitative estimate of drug-likeness (QED) is 0.692. The molecule has 0 saturated carbocycles. The number of piperidine rings is 1. The van der Waals surface area contributed by atoms with Crippen LogP contribution >= 0.6 is 24.8 Å². The minimum atomic E-state index is -0.662. The highest BCUT2D eigenvalue weighted by atomic mass is 35.5. The second-order valence-electron chi connectivity index (χ2n) is 6.58. The van der Waals surface area contributed by atoms with Crippen LogP contribution in [0.5, 0.6) is 0 Å². The molecular formula is C17H34Cl2N4O3. The van der Waals surface area contributed by atoms with Crippen LogP contribution in [0.2, 0.25) is 0 Å². The second-order valence-corrected chi connectivity index (χ2v) is 6.58. The lowest BCUT2D eigenvalue weighted by Crippen LogP contribution is -2.59. The van der Waals surface area contributed by atoms with Gasteiger partial charge in [-0.3, -0.25) is 14.5 Å². The Morgan fingerprint density at radius 3 is 2.04 bits per heavy atom. The zero-order valence-electron chi connectivity index (χ0n) is 16.2. The number of methoxy groups -OCH3 is 1. The molecule has 0 spiro atoms. The van der Waals surface area contributed by atoms with Crippen molar-refractivity contribution in [1.29, 1.82) is 0 Å². The standard InChI is InChI=1S/C17H32N4O3.2ClH/c1-4-20(5-2)15(22)14-19-10-12-21(13-11-19)16(23)17(24-3)6-8-18-9-7-17;;/h18H,4-14H2,1-3H3;2*1H. The van der Waals surface area contributed by atoms with Crippen molar-refractivity contribution >= 4 is 36.6 Å². The van der Waals surface area contributed by atoms with Crippen molar-refractivity contribution < 1.29 is 14.3 Å². The van der Waals surface area contributed by atoms with Gasteiger partial charge in [0.15, 0.2) is 0 Å². The molecule has 7 nitrogen and oxygen atoms in total. The van der Waals surface area contributed by atoms with E-state index in [1.807, 2.05) is 23.6 Å². The highest BCUT2D eigenvalue weighted by Gasteiger charge is 2.43. The Morgan fingerprint density at radius 2 is 1.58 bits per heavy atom. The maximum absolute atomic E-state index is 12.9. The summed E-state index contributed by atoms with van der Waals surface area (Å²) in [5, 5.41) is 3.28. The molecule has 0 bridgehead atoms. The molecule has 154 valence electrons. The molecule has 2 amide bonds. The molecule has 9 heteroatoms. The fourth-order valence-electron chi connectivity index (χ4n) is 3.60. The number of halogens is 2. The Morgan fingerprint density at radius 1 is 1.04 bits per heavy atom. The van der Waals surface area contributed by atoms with Gasteiger partial charge in [0.05, 0.1) is 6.54 Å². The largest absolute Gasteiger partial charge is 0.368 e. The predicted molar refractivity (Wildman–Crippen MR) is 107 cm³/mol. The summed E-state index contributed by atoms with van der Waals surface area (Å²) in [6, 6.07) is 0. The van der Waals surface area contributed by atoms with Crippen LogP contribution in [0.25, 0.3) is 0 Å². The van der Waals surface area contributed by atoms with E-state index in [1.54, 1.807) is 7.11 Å². The van der Waals surface area contributed by atoms with Crippen LogP contribution in [-0.4, -0.2) is 98.1 Å². The van der Waals surface area contributed by atoms with E-state index in [4.69, 9.17) is 4.74 Å². The van der Waals surface area contributed by atoms with Crippen LogP contribution in [0.1, 0.15) is 26.7 Å². The summed E-state index contributed by atoms with van der Waals surface area (Å²) in [5.41, 5.74) is -0.662. The van der Waals surface area contributed by atoms with E-state index in [1.165, 1.54) is 0 Å². The molecule has 2 saturated heterocycles. The summed E-state index contributed by atoms with van der Waals surface area (Å²) in [5.74, 6) is 0.285. The Bertz CT molecular complexity index is 436. The Kier molecular flexibility index (Phi) is 11.7. The summed E-state index contributed by atoms with van der Waals surface area (Å²) in [4.78, 5) is 31.0. The molecule has 0 unspecified atom stereocenters. The number of ether oxygens (including phenoxy) is 1. The van der Waals surface area contributed by atoms with Gasteiger partial charge in [0, 0.05) is 46.4 Å². The van der Waals surface area contributed by atoms with E-state index in [0.29, 0.717) is 19.6 Å². The van der Waals surface area contributed by atoms with Crippen molar-refractivity contribution in [3.05, 3.63) is 0 Å². The number of piperazine rings is 1. The van der Waals surface area contributed by atoms with Gasteiger partial charge >= 0.3 is 0 Å². The molecule has 2 aliphatic heterocycles.